The van der Waals surface area contributed by atoms with Gasteiger partial charge < -0.3 is 15.4 Å². The number of hydrogen-bond donors (Lipinski definition) is 2. The summed E-state index contributed by atoms with van der Waals surface area (Å²) in [5, 5.41) is 12.3. The zero-order chi connectivity index (χ0) is 12.6. The number of carboxylic acid groups (broad SMARTS) is 1. The van der Waals surface area contributed by atoms with Crippen molar-refractivity contribution in [2.45, 2.75) is 13.8 Å². The van der Waals surface area contributed by atoms with Gasteiger partial charge in [-0.2, -0.15) is 0 Å². The smallest absolute Gasteiger partial charge is 0.360 e. The standard InChI is InChI=1S/C12H12N2O3/c1-6-3-4-7(2)8(5-6)11-9(13)10(12(15)16)14-17-11/h3-5H,13H2,1-2H3,(H,15,16). The summed E-state index contributed by atoms with van der Waals surface area (Å²) in [6.07, 6.45) is 0. The Labute approximate surface area is 97.8 Å². The molecule has 0 saturated heterocycles. The Morgan fingerprint density at radius 3 is 2.71 bits per heavy atom. The second kappa shape index (κ2) is 3.93. The zero-order valence-electron chi connectivity index (χ0n) is 9.52. The van der Waals surface area contributed by atoms with Crippen molar-refractivity contribution < 1.29 is 14.4 Å². The monoisotopic (exact) mass is 232 g/mol. The van der Waals surface area contributed by atoms with E-state index in [1.807, 2.05) is 32.0 Å². The molecule has 0 fully saturated rings. The van der Waals surface area contributed by atoms with Crippen molar-refractivity contribution in [2.75, 3.05) is 5.73 Å². The second-order valence-electron chi connectivity index (χ2n) is 3.90. The van der Waals surface area contributed by atoms with E-state index >= 15 is 0 Å². The Bertz CT molecular complexity index is 587. The first kappa shape index (κ1) is 11.2. The zero-order valence-corrected chi connectivity index (χ0v) is 9.52. The summed E-state index contributed by atoms with van der Waals surface area (Å²) in [4.78, 5) is 10.8. The molecule has 1 aromatic carbocycles. The first-order valence-corrected chi connectivity index (χ1v) is 5.06. The molecule has 0 aliphatic heterocycles. The molecule has 0 unspecified atom stereocenters. The molecule has 1 aromatic heterocycles. The molecule has 0 radical (unpaired) electrons. The van der Waals surface area contributed by atoms with Crippen LogP contribution in [0.3, 0.4) is 0 Å². The minimum absolute atomic E-state index is 0.0613. The van der Waals surface area contributed by atoms with E-state index in [9.17, 15) is 4.79 Å². The lowest BCUT2D eigenvalue weighted by Gasteiger charge is -2.03. The van der Waals surface area contributed by atoms with Crippen LogP contribution in [0.15, 0.2) is 22.7 Å². The Kier molecular flexibility index (Phi) is 2.59. The van der Waals surface area contributed by atoms with Crippen LogP contribution < -0.4 is 5.73 Å². The van der Waals surface area contributed by atoms with Crippen LogP contribution in [-0.2, 0) is 0 Å². The molecule has 2 aromatic rings. The summed E-state index contributed by atoms with van der Waals surface area (Å²) in [6.45, 7) is 3.84. The van der Waals surface area contributed by atoms with Gasteiger partial charge in [0.2, 0.25) is 5.69 Å². The van der Waals surface area contributed by atoms with E-state index in [1.54, 1.807) is 0 Å². The van der Waals surface area contributed by atoms with Gasteiger partial charge in [-0.1, -0.05) is 22.9 Å². The van der Waals surface area contributed by atoms with Gasteiger partial charge in [0, 0.05) is 5.56 Å². The highest BCUT2D eigenvalue weighted by atomic mass is 16.5. The quantitative estimate of drug-likeness (QED) is 0.828. The van der Waals surface area contributed by atoms with E-state index in [0.29, 0.717) is 5.76 Å². The molecule has 1 heterocycles. The molecule has 0 aliphatic rings. The van der Waals surface area contributed by atoms with E-state index in [0.717, 1.165) is 16.7 Å². The Balaban J connectivity index is 2.61. The molecule has 5 nitrogen and oxygen atoms in total. The summed E-state index contributed by atoms with van der Waals surface area (Å²) in [5.74, 6) is -0.883. The van der Waals surface area contributed by atoms with Crippen molar-refractivity contribution >= 4 is 11.7 Å². The topological polar surface area (TPSA) is 89.3 Å². The number of benzene rings is 1. The molecule has 0 amide bonds. The number of anilines is 1. The van der Waals surface area contributed by atoms with Crippen molar-refractivity contribution in [3.8, 4) is 11.3 Å². The highest BCUT2D eigenvalue weighted by Gasteiger charge is 2.20. The van der Waals surface area contributed by atoms with Crippen molar-refractivity contribution in [3.63, 3.8) is 0 Å². The molecule has 0 saturated carbocycles. The average Bonchev–Trinajstić information content (AvgIpc) is 2.64. The van der Waals surface area contributed by atoms with Gasteiger partial charge in [-0.25, -0.2) is 4.79 Å². The van der Waals surface area contributed by atoms with E-state index in [1.165, 1.54) is 0 Å². The minimum Gasteiger partial charge on any atom is -0.476 e. The molecule has 0 spiro atoms. The third-order valence-electron chi connectivity index (χ3n) is 2.57. The maximum atomic E-state index is 10.8. The summed E-state index contributed by atoms with van der Waals surface area (Å²) in [5.41, 5.74) is 8.29. The lowest BCUT2D eigenvalue weighted by atomic mass is 10.0. The van der Waals surface area contributed by atoms with Crippen molar-refractivity contribution in [3.05, 3.63) is 35.0 Å². The molecule has 0 atom stereocenters. The van der Waals surface area contributed by atoms with Crippen LogP contribution in [-0.4, -0.2) is 16.2 Å². The fourth-order valence-corrected chi connectivity index (χ4v) is 1.63. The van der Waals surface area contributed by atoms with Gasteiger partial charge in [0.25, 0.3) is 0 Å². The van der Waals surface area contributed by atoms with Crippen molar-refractivity contribution in [2.24, 2.45) is 0 Å². The molecule has 0 bridgehead atoms. The largest absolute Gasteiger partial charge is 0.476 e. The Morgan fingerprint density at radius 1 is 1.41 bits per heavy atom. The molecule has 0 aliphatic carbocycles. The number of nitrogens with two attached hydrogens (primary N) is 1. The van der Waals surface area contributed by atoms with Gasteiger partial charge >= 0.3 is 5.97 Å². The maximum absolute atomic E-state index is 10.8. The Morgan fingerprint density at radius 2 is 2.12 bits per heavy atom. The molecule has 88 valence electrons. The lowest BCUT2D eigenvalue weighted by Crippen LogP contribution is -2.01. The van der Waals surface area contributed by atoms with E-state index < -0.39 is 5.97 Å². The summed E-state index contributed by atoms with van der Waals surface area (Å²) in [7, 11) is 0. The van der Waals surface area contributed by atoms with Gasteiger partial charge in [0.15, 0.2) is 5.76 Å². The van der Waals surface area contributed by atoms with Gasteiger partial charge in [0.1, 0.15) is 5.69 Å². The van der Waals surface area contributed by atoms with Crippen molar-refractivity contribution in [1.82, 2.24) is 5.16 Å². The van der Waals surface area contributed by atoms with Crippen LogP contribution in [0, 0.1) is 13.8 Å². The third kappa shape index (κ3) is 1.87. The molecule has 2 rings (SSSR count). The SMILES string of the molecule is Cc1ccc(C)c(-c2onc(C(=O)O)c2N)c1. The van der Waals surface area contributed by atoms with Crippen LogP contribution >= 0.6 is 0 Å². The van der Waals surface area contributed by atoms with Crippen LogP contribution in [0.1, 0.15) is 21.6 Å². The van der Waals surface area contributed by atoms with Crippen LogP contribution in [0.5, 0.6) is 0 Å². The number of rotatable bonds is 2. The van der Waals surface area contributed by atoms with E-state index in [4.69, 9.17) is 15.4 Å². The lowest BCUT2D eigenvalue weighted by molar-refractivity contribution is 0.0687. The van der Waals surface area contributed by atoms with Crippen molar-refractivity contribution in [1.29, 1.82) is 0 Å². The maximum Gasteiger partial charge on any atom is 0.360 e. The van der Waals surface area contributed by atoms with Gasteiger partial charge in [0.05, 0.1) is 0 Å². The summed E-state index contributed by atoms with van der Waals surface area (Å²) < 4.78 is 5.02. The minimum atomic E-state index is -1.19. The Hall–Kier alpha value is -2.30. The first-order valence-electron chi connectivity index (χ1n) is 5.06. The highest BCUT2D eigenvalue weighted by Crippen LogP contribution is 2.31. The predicted octanol–water partition coefficient (Wildman–Crippen LogP) is 2.24. The number of aromatic carboxylic acids is 1. The third-order valence-corrected chi connectivity index (χ3v) is 2.57. The van der Waals surface area contributed by atoms with E-state index in [-0.39, 0.29) is 11.4 Å². The molecular weight excluding hydrogens is 220 g/mol. The molecule has 17 heavy (non-hydrogen) atoms. The van der Waals surface area contributed by atoms with Crippen LogP contribution in [0.4, 0.5) is 5.69 Å². The number of nitrogens with zero attached hydrogens (tertiary/aromatic N) is 1. The van der Waals surface area contributed by atoms with Gasteiger partial charge in [-0.15, -0.1) is 0 Å². The normalized spacial score (nSPS) is 10.5. The predicted molar refractivity (Wildman–Crippen MR) is 62.8 cm³/mol. The number of hydrogen-bond acceptors (Lipinski definition) is 4. The summed E-state index contributed by atoms with van der Waals surface area (Å²) >= 11 is 0. The van der Waals surface area contributed by atoms with Crippen LogP contribution in [0.25, 0.3) is 11.3 Å². The number of aryl methyl sites for hydroxylation is 2. The average molecular weight is 232 g/mol. The number of carbonyl (C=O) groups is 1. The molecular formula is C12H12N2O3. The fourth-order valence-electron chi connectivity index (χ4n) is 1.63. The number of nitrogen functional groups attached to an aromatic ring is 1. The van der Waals surface area contributed by atoms with Crippen LogP contribution in [0.2, 0.25) is 0 Å². The molecule has 5 heteroatoms. The number of aromatic nitrogens is 1. The van der Waals surface area contributed by atoms with Gasteiger partial charge in [-0.3, -0.25) is 0 Å². The van der Waals surface area contributed by atoms with Gasteiger partial charge in [-0.05, 0) is 25.5 Å². The molecule has 3 N–H and O–H groups in total. The fraction of sp³-hybridized carbons (Fsp3) is 0.167. The van der Waals surface area contributed by atoms with E-state index in [2.05, 4.69) is 5.16 Å². The second-order valence-corrected chi connectivity index (χ2v) is 3.90. The first-order chi connectivity index (χ1) is 8.00. The number of carboxylic acids is 1. The highest BCUT2D eigenvalue weighted by molar-refractivity contribution is 5.95. The summed E-state index contributed by atoms with van der Waals surface area (Å²) in [6, 6.07) is 5.77.